The number of anilines is 1. The summed E-state index contributed by atoms with van der Waals surface area (Å²) in [6.07, 6.45) is 3.59. The summed E-state index contributed by atoms with van der Waals surface area (Å²) < 4.78 is 25.9. The first-order valence-corrected chi connectivity index (χ1v) is 11.4. The molecule has 0 bridgehead atoms. The van der Waals surface area contributed by atoms with Gasteiger partial charge in [0.15, 0.2) is 0 Å². The van der Waals surface area contributed by atoms with Crippen molar-refractivity contribution in [2.75, 3.05) is 38.7 Å². The first-order chi connectivity index (χ1) is 16.5. The van der Waals surface area contributed by atoms with Crippen LogP contribution < -0.4 is 5.32 Å². The molecule has 1 unspecified atom stereocenters. The lowest BCUT2D eigenvalue weighted by atomic mass is 10.1. The Hall–Kier alpha value is -3.30. The predicted octanol–water partition coefficient (Wildman–Crippen LogP) is 3.45. The van der Waals surface area contributed by atoms with Crippen LogP contribution in [0.5, 0.6) is 0 Å². The van der Waals surface area contributed by atoms with Gasteiger partial charge in [-0.2, -0.15) is 0 Å². The van der Waals surface area contributed by atoms with Crippen LogP contribution in [0.2, 0.25) is 0 Å². The molecule has 2 amide bonds. The van der Waals surface area contributed by atoms with Crippen LogP contribution in [0.1, 0.15) is 35.7 Å². The van der Waals surface area contributed by atoms with Gasteiger partial charge in [-0.05, 0) is 49.6 Å². The van der Waals surface area contributed by atoms with Crippen molar-refractivity contribution in [2.45, 2.75) is 32.4 Å². The molecule has 34 heavy (non-hydrogen) atoms. The Balaban J connectivity index is 1.72. The summed E-state index contributed by atoms with van der Waals surface area (Å²) in [7, 11) is 1.44. The minimum Gasteiger partial charge on any atom is -0.376 e. The molecular weight excluding hydrogens is 439 g/mol. The number of halogens is 1. The van der Waals surface area contributed by atoms with Gasteiger partial charge in [0.1, 0.15) is 12.4 Å². The molecule has 0 radical (unpaired) electrons. The molecule has 1 saturated heterocycles. The summed E-state index contributed by atoms with van der Waals surface area (Å²) in [6.45, 7) is 4.00. The van der Waals surface area contributed by atoms with E-state index in [0.29, 0.717) is 48.5 Å². The van der Waals surface area contributed by atoms with Crippen molar-refractivity contribution < 1.29 is 23.5 Å². The van der Waals surface area contributed by atoms with Crippen LogP contribution in [0.4, 0.5) is 10.1 Å². The number of methoxy groups -OCH3 is 1. The van der Waals surface area contributed by atoms with Gasteiger partial charge in [-0.15, -0.1) is 0 Å². The van der Waals surface area contributed by atoms with Crippen LogP contribution in [0.15, 0.2) is 42.7 Å². The monoisotopic (exact) mass is 468 g/mol. The zero-order valence-corrected chi connectivity index (χ0v) is 19.4. The van der Waals surface area contributed by atoms with Crippen LogP contribution in [0.25, 0.3) is 11.0 Å². The Bertz CT molecular complexity index is 1160. The van der Waals surface area contributed by atoms with Crippen molar-refractivity contribution in [1.29, 1.82) is 0 Å². The second-order valence-corrected chi connectivity index (χ2v) is 8.35. The molecule has 3 aromatic rings. The van der Waals surface area contributed by atoms with Crippen LogP contribution in [-0.4, -0.2) is 65.8 Å². The number of ether oxygens (including phenoxy) is 2. The number of benzene rings is 2. The first kappa shape index (κ1) is 23.8. The summed E-state index contributed by atoms with van der Waals surface area (Å²) in [5.74, 6) is -0.788. The van der Waals surface area contributed by atoms with Gasteiger partial charge in [-0.1, -0.05) is 12.1 Å². The van der Waals surface area contributed by atoms with E-state index in [1.54, 1.807) is 35.5 Å². The van der Waals surface area contributed by atoms with E-state index in [1.807, 2.05) is 11.5 Å². The fourth-order valence-corrected chi connectivity index (χ4v) is 4.24. The van der Waals surface area contributed by atoms with Gasteiger partial charge < -0.3 is 24.3 Å². The average molecular weight is 469 g/mol. The van der Waals surface area contributed by atoms with E-state index < -0.39 is 0 Å². The smallest absolute Gasteiger partial charge is 0.256 e. The molecule has 0 saturated carbocycles. The Morgan fingerprint density at radius 2 is 2.09 bits per heavy atom. The topological polar surface area (TPSA) is 85.7 Å². The molecule has 0 spiro atoms. The van der Waals surface area contributed by atoms with Crippen LogP contribution in [0, 0.1) is 5.82 Å². The molecule has 180 valence electrons. The molecule has 1 aliphatic heterocycles. The van der Waals surface area contributed by atoms with Crippen molar-refractivity contribution in [1.82, 2.24) is 14.5 Å². The summed E-state index contributed by atoms with van der Waals surface area (Å²) in [5, 5.41) is 2.78. The van der Waals surface area contributed by atoms with Gasteiger partial charge in [-0.3, -0.25) is 9.59 Å². The molecule has 1 atom stereocenters. The number of likely N-dealkylation sites (N-methyl/N-ethyl adjacent to an activating group) is 1. The Kier molecular flexibility index (Phi) is 7.54. The quantitative estimate of drug-likeness (QED) is 0.520. The maximum Gasteiger partial charge on any atom is 0.256 e. The molecule has 2 aromatic carbocycles. The zero-order chi connectivity index (χ0) is 24.1. The van der Waals surface area contributed by atoms with Crippen molar-refractivity contribution in [2.24, 2.45) is 0 Å². The minimum absolute atomic E-state index is 0.0214. The van der Waals surface area contributed by atoms with Gasteiger partial charge >= 0.3 is 0 Å². The highest BCUT2D eigenvalue weighted by Crippen LogP contribution is 2.26. The van der Waals surface area contributed by atoms with Crippen LogP contribution in [-0.2, 0) is 20.8 Å². The summed E-state index contributed by atoms with van der Waals surface area (Å²) in [4.78, 5) is 32.1. The SMILES string of the molecule is CCN(CC1CCCO1)C(=O)c1cc(NC(=O)COC)cc2ncn(Cc3ccc(F)cc3)c12. The summed E-state index contributed by atoms with van der Waals surface area (Å²) in [5.41, 5.74) is 3.02. The average Bonchev–Trinajstić information content (AvgIpc) is 3.48. The van der Waals surface area contributed by atoms with E-state index in [2.05, 4.69) is 10.3 Å². The number of aromatic nitrogens is 2. The number of carbonyl (C=O) groups excluding carboxylic acids is 2. The number of amides is 2. The van der Waals surface area contributed by atoms with Gasteiger partial charge in [0.05, 0.1) is 29.0 Å². The van der Waals surface area contributed by atoms with E-state index >= 15 is 0 Å². The lowest BCUT2D eigenvalue weighted by molar-refractivity contribution is -0.119. The van der Waals surface area contributed by atoms with E-state index in [4.69, 9.17) is 9.47 Å². The normalized spacial score (nSPS) is 15.6. The number of hydrogen-bond donors (Lipinski definition) is 1. The maximum atomic E-state index is 13.7. The number of nitrogens with one attached hydrogen (secondary N) is 1. The number of hydrogen-bond acceptors (Lipinski definition) is 5. The van der Waals surface area contributed by atoms with Crippen molar-refractivity contribution >= 4 is 28.5 Å². The highest BCUT2D eigenvalue weighted by molar-refractivity contribution is 6.07. The zero-order valence-electron chi connectivity index (χ0n) is 19.4. The number of carbonyl (C=O) groups is 2. The van der Waals surface area contributed by atoms with E-state index in [1.165, 1.54) is 19.2 Å². The molecule has 8 nitrogen and oxygen atoms in total. The molecule has 2 heterocycles. The second-order valence-electron chi connectivity index (χ2n) is 8.35. The van der Waals surface area contributed by atoms with Crippen molar-refractivity contribution in [3.63, 3.8) is 0 Å². The third kappa shape index (κ3) is 5.43. The third-order valence-corrected chi connectivity index (χ3v) is 5.89. The Labute approximate surface area is 197 Å². The third-order valence-electron chi connectivity index (χ3n) is 5.89. The first-order valence-electron chi connectivity index (χ1n) is 11.4. The summed E-state index contributed by atoms with van der Waals surface area (Å²) in [6, 6.07) is 9.64. The van der Waals surface area contributed by atoms with Gasteiger partial charge in [0.25, 0.3) is 5.91 Å². The van der Waals surface area contributed by atoms with E-state index in [0.717, 1.165) is 18.4 Å². The predicted molar refractivity (Wildman–Crippen MR) is 126 cm³/mol. The van der Waals surface area contributed by atoms with E-state index in [-0.39, 0.29) is 30.3 Å². The summed E-state index contributed by atoms with van der Waals surface area (Å²) >= 11 is 0. The van der Waals surface area contributed by atoms with Crippen molar-refractivity contribution in [3.8, 4) is 0 Å². The van der Waals surface area contributed by atoms with Crippen molar-refractivity contribution in [3.05, 3.63) is 59.7 Å². The second kappa shape index (κ2) is 10.8. The van der Waals surface area contributed by atoms with Crippen LogP contribution >= 0.6 is 0 Å². The van der Waals surface area contributed by atoms with E-state index in [9.17, 15) is 14.0 Å². The number of imidazole rings is 1. The molecule has 9 heteroatoms. The largest absolute Gasteiger partial charge is 0.376 e. The molecular formula is C25H29FN4O4. The lowest BCUT2D eigenvalue weighted by Gasteiger charge is -2.25. The van der Waals surface area contributed by atoms with Gasteiger partial charge in [-0.25, -0.2) is 9.37 Å². The minimum atomic E-state index is -0.322. The molecule has 0 aliphatic carbocycles. The highest BCUT2D eigenvalue weighted by Gasteiger charge is 2.25. The number of nitrogens with zero attached hydrogens (tertiary/aromatic N) is 3. The van der Waals surface area contributed by atoms with Crippen LogP contribution in [0.3, 0.4) is 0 Å². The fraction of sp³-hybridized carbons (Fsp3) is 0.400. The number of rotatable bonds is 9. The maximum absolute atomic E-state index is 13.7. The lowest BCUT2D eigenvalue weighted by Crippen LogP contribution is -2.37. The highest BCUT2D eigenvalue weighted by atomic mass is 19.1. The molecule has 1 fully saturated rings. The molecule has 1 N–H and O–H groups in total. The Morgan fingerprint density at radius 1 is 1.29 bits per heavy atom. The standard InChI is InChI=1S/C25H29FN4O4/c1-3-29(14-20-5-4-10-34-20)25(32)21-11-19(28-23(31)15-33-2)12-22-24(21)30(16-27-22)13-17-6-8-18(26)9-7-17/h6-9,11-12,16,20H,3-5,10,13-15H2,1-2H3,(H,28,31). The van der Waals surface area contributed by atoms with Gasteiger partial charge in [0, 0.05) is 39.0 Å². The van der Waals surface area contributed by atoms with Gasteiger partial charge in [0.2, 0.25) is 5.91 Å². The molecule has 4 rings (SSSR count). The Morgan fingerprint density at radius 3 is 2.76 bits per heavy atom. The molecule has 1 aliphatic rings. The molecule has 1 aromatic heterocycles. The number of fused-ring (bicyclic) bond motifs is 1. The fourth-order valence-electron chi connectivity index (χ4n) is 4.24.